The van der Waals surface area contributed by atoms with Crippen LogP contribution in [0.2, 0.25) is 0 Å². The molecule has 0 spiro atoms. The van der Waals surface area contributed by atoms with Gasteiger partial charge in [-0.15, -0.1) is 0 Å². The Morgan fingerprint density at radius 2 is 1.95 bits per heavy atom. The molecule has 196 valence electrons. The highest BCUT2D eigenvalue weighted by Crippen LogP contribution is 2.29. The Kier molecular flexibility index (Phi) is 6.77. The summed E-state index contributed by atoms with van der Waals surface area (Å²) in [6.45, 7) is 9.48. The molecule has 4 aromatic heterocycles. The van der Waals surface area contributed by atoms with Crippen LogP contribution in [-0.4, -0.2) is 54.1 Å². The molecule has 5 aromatic rings. The Morgan fingerprint density at radius 1 is 1.11 bits per heavy atom. The molecule has 0 radical (unpaired) electrons. The van der Waals surface area contributed by atoms with Gasteiger partial charge >= 0.3 is 0 Å². The summed E-state index contributed by atoms with van der Waals surface area (Å²) in [5.74, 6) is 0.0742. The predicted molar refractivity (Wildman–Crippen MR) is 140 cm³/mol. The van der Waals surface area contributed by atoms with Crippen molar-refractivity contribution < 1.29 is 14.1 Å². The zero-order valence-corrected chi connectivity index (χ0v) is 22.1. The molecule has 38 heavy (non-hydrogen) atoms. The number of nitrogens with one attached hydrogen (secondary N) is 1. The number of carbonyl (C=O) groups is 1. The molecular weight excluding hydrogens is 484 g/mol. The average molecular weight is 515 g/mol. The molecular formula is C27H30N8O3. The van der Waals surface area contributed by atoms with Crippen molar-refractivity contribution in [2.75, 3.05) is 13.7 Å². The van der Waals surface area contributed by atoms with Gasteiger partial charge in [0.05, 0.1) is 30.6 Å². The molecule has 0 saturated carbocycles. The molecule has 0 unspecified atom stereocenters. The average Bonchev–Trinajstić information content (AvgIpc) is 3.65. The Bertz CT molecular complexity index is 1590. The van der Waals surface area contributed by atoms with Gasteiger partial charge in [-0.2, -0.15) is 15.2 Å². The minimum atomic E-state index is -0.378. The fraction of sp³-hybridized carbons (Fsp3) is 0.333. The maximum absolute atomic E-state index is 12.5. The first kappa shape index (κ1) is 25.3. The lowest BCUT2D eigenvalue weighted by Gasteiger charge is -2.10. The quantitative estimate of drug-likeness (QED) is 0.331. The van der Waals surface area contributed by atoms with Crippen molar-refractivity contribution in [2.24, 2.45) is 0 Å². The van der Waals surface area contributed by atoms with Crippen molar-refractivity contribution in [3.8, 4) is 22.4 Å². The van der Waals surface area contributed by atoms with E-state index in [0.717, 1.165) is 39.0 Å². The van der Waals surface area contributed by atoms with E-state index < -0.39 is 0 Å². The topological polar surface area (TPSA) is 125 Å². The van der Waals surface area contributed by atoms with E-state index in [1.165, 1.54) is 0 Å². The maximum Gasteiger partial charge on any atom is 0.292 e. The summed E-state index contributed by atoms with van der Waals surface area (Å²) in [5.41, 5.74) is 6.34. The lowest BCUT2D eigenvalue weighted by Crippen LogP contribution is -2.24. The van der Waals surface area contributed by atoms with Crippen LogP contribution < -0.4 is 5.32 Å². The lowest BCUT2D eigenvalue weighted by molar-refractivity contribution is 0.0937. The summed E-state index contributed by atoms with van der Waals surface area (Å²) in [7, 11) is 1.67. The third-order valence-corrected chi connectivity index (χ3v) is 6.22. The summed E-state index contributed by atoms with van der Waals surface area (Å²) in [6, 6.07) is 8.11. The van der Waals surface area contributed by atoms with E-state index in [1.54, 1.807) is 13.4 Å². The molecule has 1 amide bonds. The smallest absolute Gasteiger partial charge is 0.292 e. The third-order valence-electron chi connectivity index (χ3n) is 6.22. The van der Waals surface area contributed by atoms with Crippen LogP contribution in [0.5, 0.6) is 0 Å². The van der Waals surface area contributed by atoms with Crippen LogP contribution in [0, 0.1) is 6.92 Å². The standard InChI is InChI=1S/C27H30N8O3/c1-17-10-18(6-7-19(17)12-28-25(36)24-32-26(38-33-24)27(2,3)4)23-22-11-20(15-35(22)31-16-29-23)21-13-30-34(14-21)8-9-37-5/h6-7,10-11,13-16H,8-9,12H2,1-5H3,(H,28,36). The second-order valence-electron chi connectivity index (χ2n) is 10.1. The van der Waals surface area contributed by atoms with Gasteiger partial charge in [-0.05, 0) is 30.2 Å². The second-order valence-corrected chi connectivity index (χ2v) is 10.1. The van der Waals surface area contributed by atoms with Gasteiger partial charge in [-0.1, -0.05) is 38.1 Å². The van der Waals surface area contributed by atoms with Crippen LogP contribution in [-0.2, 0) is 23.2 Å². The molecule has 4 heterocycles. The summed E-state index contributed by atoms with van der Waals surface area (Å²) >= 11 is 0. The van der Waals surface area contributed by atoms with Crippen LogP contribution >= 0.6 is 0 Å². The number of ether oxygens (including phenoxy) is 1. The fourth-order valence-corrected chi connectivity index (χ4v) is 4.05. The van der Waals surface area contributed by atoms with E-state index in [4.69, 9.17) is 9.26 Å². The van der Waals surface area contributed by atoms with Crippen LogP contribution in [0.4, 0.5) is 0 Å². The van der Waals surface area contributed by atoms with E-state index in [9.17, 15) is 4.79 Å². The minimum Gasteiger partial charge on any atom is -0.383 e. The summed E-state index contributed by atoms with van der Waals surface area (Å²) in [6.07, 6.45) is 7.35. The lowest BCUT2D eigenvalue weighted by atomic mass is 9.97. The second kappa shape index (κ2) is 10.2. The summed E-state index contributed by atoms with van der Waals surface area (Å²) in [4.78, 5) is 21.3. The predicted octanol–water partition coefficient (Wildman–Crippen LogP) is 3.83. The number of aryl methyl sites for hydroxylation is 1. The first-order valence-electron chi connectivity index (χ1n) is 12.3. The van der Waals surface area contributed by atoms with Crippen molar-refractivity contribution >= 4 is 11.4 Å². The van der Waals surface area contributed by atoms with Crippen molar-refractivity contribution in [3.05, 3.63) is 72.0 Å². The third kappa shape index (κ3) is 5.18. The van der Waals surface area contributed by atoms with Crippen LogP contribution in [0.25, 0.3) is 27.9 Å². The number of hydrogen-bond acceptors (Lipinski definition) is 8. The van der Waals surface area contributed by atoms with E-state index in [-0.39, 0.29) is 17.1 Å². The highest BCUT2D eigenvalue weighted by Gasteiger charge is 2.24. The summed E-state index contributed by atoms with van der Waals surface area (Å²) in [5, 5.41) is 15.5. The number of hydrogen-bond donors (Lipinski definition) is 1. The fourth-order valence-electron chi connectivity index (χ4n) is 4.05. The van der Waals surface area contributed by atoms with Gasteiger partial charge in [0, 0.05) is 48.2 Å². The van der Waals surface area contributed by atoms with Gasteiger partial charge in [0.15, 0.2) is 0 Å². The number of amides is 1. The number of aromatic nitrogens is 7. The molecule has 1 N–H and O–H groups in total. The van der Waals surface area contributed by atoms with E-state index >= 15 is 0 Å². The van der Waals surface area contributed by atoms with Crippen LogP contribution in [0.3, 0.4) is 0 Å². The number of nitrogens with zero attached hydrogens (tertiary/aromatic N) is 7. The van der Waals surface area contributed by atoms with Gasteiger partial charge in [0.1, 0.15) is 6.33 Å². The zero-order chi connectivity index (χ0) is 26.9. The number of rotatable bonds is 8. The number of benzene rings is 1. The first-order chi connectivity index (χ1) is 18.2. The normalized spacial score (nSPS) is 11.8. The maximum atomic E-state index is 12.5. The van der Waals surface area contributed by atoms with Crippen molar-refractivity contribution in [2.45, 2.75) is 46.2 Å². The van der Waals surface area contributed by atoms with Crippen LogP contribution in [0.1, 0.15) is 48.4 Å². The van der Waals surface area contributed by atoms with Gasteiger partial charge in [-0.25, -0.2) is 9.50 Å². The van der Waals surface area contributed by atoms with E-state index in [0.29, 0.717) is 25.6 Å². The van der Waals surface area contributed by atoms with Gasteiger partial charge in [-0.3, -0.25) is 9.48 Å². The monoisotopic (exact) mass is 514 g/mol. The summed E-state index contributed by atoms with van der Waals surface area (Å²) < 4.78 is 14.0. The number of methoxy groups -OCH3 is 1. The molecule has 0 bridgehead atoms. The highest BCUT2D eigenvalue weighted by atomic mass is 16.5. The Hall–Kier alpha value is -4.38. The Balaban J connectivity index is 1.33. The van der Waals surface area contributed by atoms with E-state index in [2.05, 4.69) is 42.8 Å². The molecule has 5 rings (SSSR count). The Labute approximate surface area is 219 Å². The SMILES string of the molecule is COCCn1cc(-c2cc3c(-c4ccc(CNC(=O)c5noc(C(C)(C)C)n5)c(C)c4)ncnn3c2)cn1. The highest BCUT2D eigenvalue weighted by molar-refractivity contribution is 5.90. The Morgan fingerprint density at radius 3 is 2.68 bits per heavy atom. The zero-order valence-electron chi connectivity index (χ0n) is 22.1. The molecule has 0 atom stereocenters. The van der Waals surface area contributed by atoms with Gasteiger partial charge in [0.2, 0.25) is 5.89 Å². The van der Waals surface area contributed by atoms with Crippen molar-refractivity contribution in [3.63, 3.8) is 0 Å². The minimum absolute atomic E-state index is 0.0286. The largest absolute Gasteiger partial charge is 0.383 e. The molecule has 0 aliphatic carbocycles. The number of fused-ring (bicyclic) bond motifs is 1. The van der Waals surface area contributed by atoms with Gasteiger partial charge in [0.25, 0.3) is 11.7 Å². The molecule has 0 fully saturated rings. The van der Waals surface area contributed by atoms with Crippen LogP contribution in [0.15, 0.2) is 53.7 Å². The molecule has 0 aliphatic rings. The molecule has 1 aromatic carbocycles. The first-order valence-corrected chi connectivity index (χ1v) is 12.3. The molecule has 0 aliphatic heterocycles. The van der Waals surface area contributed by atoms with Gasteiger partial charge < -0.3 is 14.6 Å². The number of carbonyl (C=O) groups excluding carboxylic acids is 1. The molecule has 11 heteroatoms. The van der Waals surface area contributed by atoms with Crippen molar-refractivity contribution in [1.29, 1.82) is 0 Å². The molecule has 11 nitrogen and oxygen atoms in total. The van der Waals surface area contributed by atoms with Crippen molar-refractivity contribution in [1.82, 2.24) is 39.8 Å². The molecule has 0 saturated heterocycles. The van der Waals surface area contributed by atoms with E-state index in [1.807, 2.05) is 67.6 Å².